The minimum Gasteiger partial charge on any atom is -0.337 e. The van der Waals surface area contributed by atoms with Crippen molar-refractivity contribution in [1.82, 2.24) is 9.55 Å². The molecule has 1 aliphatic heterocycles. The fraction of sp³-hybridized carbons (Fsp3) is 0.158. The summed E-state index contributed by atoms with van der Waals surface area (Å²) in [5.74, 6) is 0. The van der Waals surface area contributed by atoms with Crippen LogP contribution >= 0.6 is 34.7 Å². The summed E-state index contributed by atoms with van der Waals surface area (Å²) >= 11 is 9.22. The molecular formula is C19H16ClN3OS2. The second-order valence-corrected chi connectivity index (χ2v) is 8.29. The minimum absolute atomic E-state index is 0.0351. The molecule has 3 aromatic rings. The molecule has 7 heteroatoms. The summed E-state index contributed by atoms with van der Waals surface area (Å²) in [7, 11) is 1.99. The largest absolute Gasteiger partial charge is 0.337 e. The molecule has 0 fully saturated rings. The predicted octanol–water partition coefficient (Wildman–Crippen LogP) is 3.11. The topological polar surface area (TPSA) is 38.1 Å². The predicted molar refractivity (Wildman–Crippen MR) is 110 cm³/mol. The van der Waals surface area contributed by atoms with Gasteiger partial charge in [0.05, 0.1) is 11.4 Å². The Morgan fingerprint density at radius 2 is 2.12 bits per heavy atom. The number of pyridine rings is 1. The Hall–Kier alpha value is -2.02. The second-order valence-electron chi connectivity index (χ2n) is 5.80. The van der Waals surface area contributed by atoms with Crippen molar-refractivity contribution in [1.29, 1.82) is 0 Å². The Balaban J connectivity index is 1.93. The molecule has 132 valence electrons. The Bertz CT molecular complexity index is 1150. The van der Waals surface area contributed by atoms with E-state index in [4.69, 9.17) is 11.6 Å². The number of anilines is 1. The van der Waals surface area contributed by atoms with Crippen molar-refractivity contribution in [2.75, 3.05) is 11.9 Å². The first-order valence-corrected chi connectivity index (χ1v) is 10.2. The van der Waals surface area contributed by atoms with Crippen LogP contribution in [0, 0.1) is 0 Å². The zero-order chi connectivity index (χ0) is 18.3. The molecule has 0 aliphatic carbocycles. The monoisotopic (exact) mass is 401 g/mol. The maximum absolute atomic E-state index is 13.0. The second kappa shape index (κ2) is 6.95. The molecule has 1 aliphatic rings. The van der Waals surface area contributed by atoms with Gasteiger partial charge >= 0.3 is 0 Å². The summed E-state index contributed by atoms with van der Waals surface area (Å²) < 4.78 is 3.45. The van der Waals surface area contributed by atoms with E-state index < -0.39 is 0 Å². The van der Waals surface area contributed by atoms with Crippen LogP contribution in [0.1, 0.15) is 12.6 Å². The van der Waals surface area contributed by atoms with E-state index in [9.17, 15) is 4.79 Å². The number of thioether (sulfide) groups is 1. The minimum atomic E-state index is 0.0351. The van der Waals surface area contributed by atoms with Gasteiger partial charge in [-0.2, -0.15) is 0 Å². The first kappa shape index (κ1) is 17.4. The van der Waals surface area contributed by atoms with Crippen LogP contribution in [-0.2, 0) is 6.54 Å². The zero-order valence-electron chi connectivity index (χ0n) is 14.3. The molecular weight excluding hydrogens is 386 g/mol. The summed E-state index contributed by atoms with van der Waals surface area (Å²) in [4.78, 5) is 20.5. The third-order valence-corrected chi connectivity index (χ3v) is 6.88. The summed E-state index contributed by atoms with van der Waals surface area (Å²) in [5, 5.41) is 1.65. The summed E-state index contributed by atoms with van der Waals surface area (Å²) in [6, 6.07) is 11.6. The molecule has 0 saturated heterocycles. The quantitative estimate of drug-likeness (QED) is 0.661. The number of benzene rings is 1. The van der Waals surface area contributed by atoms with E-state index in [0.717, 1.165) is 30.5 Å². The fourth-order valence-electron chi connectivity index (χ4n) is 2.88. The van der Waals surface area contributed by atoms with E-state index >= 15 is 0 Å². The summed E-state index contributed by atoms with van der Waals surface area (Å²) in [6.07, 6.45) is 3.72. The van der Waals surface area contributed by atoms with Crippen LogP contribution < -0.4 is 19.7 Å². The van der Waals surface area contributed by atoms with Gasteiger partial charge in [-0.3, -0.25) is 14.3 Å². The molecule has 3 heterocycles. The van der Waals surface area contributed by atoms with Crippen molar-refractivity contribution in [2.24, 2.45) is 0 Å². The van der Waals surface area contributed by atoms with E-state index in [-0.39, 0.29) is 5.56 Å². The average molecular weight is 402 g/mol. The number of thiazole rings is 1. The molecule has 4 nitrogen and oxygen atoms in total. The Morgan fingerprint density at radius 1 is 1.27 bits per heavy atom. The Kier molecular flexibility index (Phi) is 4.65. The van der Waals surface area contributed by atoms with Gasteiger partial charge in [-0.15, -0.1) is 11.3 Å². The third-order valence-electron chi connectivity index (χ3n) is 4.18. The zero-order valence-corrected chi connectivity index (χ0v) is 16.7. The molecule has 0 N–H and O–H groups in total. The van der Waals surface area contributed by atoms with Gasteiger partial charge in [0.25, 0.3) is 5.56 Å². The van der Waals surface area contributed by atoms with Crippen LogP contribution in [0.15, 0.2) is 52.3 Å². The maximum atomic E-state index is 13.0. The van der Waals surface area contributed by atoms with Gasteiger partial charge < -0.3 is 4.90 Å². The molecule has 0 atom stereocenters. The van der Waals surface area contributed by atoms with Crippen molar-refractivity contribution >= 4 is 51.5 Å². The molecule has 0 spiro atoms. The summed E-state index contributed by atoms with van der Waals surface area (Å²) in [6.45, 7) is 2.60. The SMILES string of the molecule is CCn1c(=O)/c(=C2\Sc3cc(Cl)ccc3N2C)s/c1=C\c1ccccn1. The summed E-state index contributed by atoms with van der Waals surface area (Å²) in [5.41, 5.74) is 1.95. The van der Waals surface area contributed by atoms with Gasteiger partial charge in [0, 0.05) is 29.7 Å². The normalized spacial score (nSPS) is 16.3. The molecule has 0 amide bonds. The van der Waals surface area contributed by atoms with Crippen LogP contribution in [0.4, 0.5) is 5.69 Å². The van der Waals surface area contributed by atoms with E-state index in [1.54, 1.807) is 22.5 Å². The third kappa shape index (κ3) is 2.98. The molecule has 26 heavy (non-hydrogen) atoms. The van der Waals surface area contributed by atoms with Crippen LogP contribution in [0.2, 0.25) is 5.02 Å². The lowest BCUT2D eigenvalue weighted by Crippen LogP contribution is -2.33. The first-order valence-electron chi connectivity index (χ1n) is 8.16. The average Bonchev–Trinajstić information content (AvgIpc) is 3.12. The first-order chi connectivity index (χ1) is 12.6. The maximum Gasteiger partial charge on any atom is 0.271 e. The van der Waals surface area contributed by atoms with Crippen molar-refractivity contribution in [3.8, 4) is 0 Å². The Morgan fingerprint density at radius 3 is 2.85 bits per heavy atom. The van der Waals surface area contributed by atoms with Gasteiger partial charge in [0.15, 0.2) is 0 Å². The molecule has 4 rings (SSSR count). The van der Waals surface area contributed by atoms with Gasteiger partial charge in [0.1, 0.15) is 14.2 Å². The molecule has 0 saturated carbocycles. The molecule has 0 unspecified atom stereocenters. The highest BCUT2D eigenvalue weighted by molar-refractivity contribution is 8.08. The number of nitrogens with zero attached hydrogens (tertiary/aromatic N) is 3. The van der Waals surface area contributed by atoms with Crippen molar-refractivity contribution in [3.05, 3.63) is 72.9 Å². The lowest BCUT2D eigenvalue weighted by atomic mass is 10.3. The van der Waals surface area contributed by atoms with E-state index in [0.29, 0.717) is 11.6 Å². The number of fused-ring (bicyclic) bond motifs is 1. The number of hydrogen-bond acceptors (Lipinski definition) is 5. The smallest absolute Gasteiger partial charge is 0.271 e. The highest BCUT2D eigenvalue weighted by atomic mass is 35.5. The molecule has 0 radical (unpaired) electrons. The van der Waals surface area contributed by atoms with Crippen LogP contribution in [0.3, 0.4) is 0 Å². The lowest BCUT2D eigenvalue weighted by molar-refractivity contribution is 0.722. The van der Waals surface area contributed by atoms with E-state index in [1.165, 1.54) is 11.3 Å². The standard InChI is InChI=1S/C19H16ClN3OS2/c1-3-23-16(11-13-6-4-5-9-21-13)26-17(18(23)24)19-22(2)14-8-7-12(20)10-15(14)25-19/h4-11H,3H2,1-2H3/b16-11-,19-17+. The van der Waals surface area contributed by atoms with Gasteiger partial charge in [-0.1, -0.05) is 29.4 Å². The highest BCUT2D eigenvalue weighted by Crippen LogP contribution is 2.46. The number of halogens is 1. The number of hydrogen-bond donors (Lipinski definition) is 0. The number of rotatable bonds is 2. The molecule has 0 bridgehead atoms. The number of aromatic nitrogens is 2. The van der Waals surface area contributed by atoms with Crippen LogP contribution in [0.5, 0.6) is 0 Å². The van der Waals surface area contributed by atoms with Crippen LogP contribution in [-0.4, -0.2) is 16.6 Å². The van der Waals surface area contributed by atoms with Crippen molar-refractivity contribution in [3.63, 3.8) is 0 Å². The van der Waals surface area contributed by atoms with E-state index in [1.807, 2.05) is 56.4 Å². The van der Waals surface area contributed by atoms with E-state index in [2.05, 4.69) is 9.88 Å². The van der Waals surface area contributed by atoms with Crippen molar-refractivity contribution < 1.29 is 0 Å². The van der Waals surface area contributed by atoms with Gasteiger partial charge in [-0.25, -0.2) is 0 Å². The lowest BCUT2D eigenvalue weighted by Gasteiger charge is -2.12. The highest BCUT2D eigenvalue weighted by Gasteiger charge is 2.24. The molecule has 1 aromatic carbocycles. The van der Waals surface area contributed by atoms with Crippen LogP contribution in [0.25, 0.3) is 11.1 Å². The van der Waals surface area contributed by atoms with Gasteiger partial charge in [-0.05, 0) is 43.3 Å². The Labute approximate surface area is 164 Å². The fourth-order valence-corrected chi connectivity index (χ4v) is 5.62. The van der Waals surface area contributed by atoms with Gasteiger partial charge in [0.2, 0.25) is 0 Å². The van der Waals surface area contributed by atoms with Crippen molar-refractivity contribution in [2.45, 2.75) is 18.4 Å². The molecule has 2 aromatic heterocycles.